The van der Waals surface area contributed by atoms with Gasteiger partial charge < -0.3 is 14.9 Å². The lowest BCUT2D eigenvalue weighted by Gasteiger charge is -2.06. The van der Waals surface area contributed by atoms with Crippen molar-refractivity contribution < 1.29 is 19.7 Å². The maximum Gasteiger partial charge on any atom is 0.354 e. The Morgan fingerprint density at radius 1 is 1.38 bits per heavy atom. The summed E-state index contributed by atoms with van der Waals surface area (Å²) in [5.41, 5.74) is -0.161. The van der Waals surface area contributed by atoms with Crippen LogP contribution in [0.5, 0.6) is 11.6 Å². The average Bonchev–Trinajstić information content (AvgIpc) is 2.28. The van der Waals surface area contributed by atoms with Gasteiger partial charge in [-0.05, 0) is 18.2 Å². The summed E-state index contributed by atoms with van der Waals surface area (Å²) >= 11 is 0. The van der Waals surface area contributed by atoms with Crippen LogP contribution in [0, 0.1) is 0 Å². The number of methoxy groups -OCH3 is 1. The van der Waals surface area contributed by atoms with Crippen molar-refractivity contribution in [1.29, 1.82) is 0 Å². The van der Waals surface area contributed by atoms with E-state index in [9.17, 15) is 9.90 Å². The van der Waals surface area contributed by atoms with Crippen LogP contribution in [0.4, 0.5) is 0 Å². The molecule has 0 spiro atoms. The molecule has 16 heavy (non-hydrogen) atoms. The molecule has 0 aliphatic heterocycles. The zero-order valence-corrected chi connectivity index (χ0v) is 8.47. The Kier molecular flexibility index (Phi) is 2.36. The van der Waals surface area contributed by atoms with E-state index in [4.69, 9.17) is 9.84 Å². The number of pyridine rings is 1. The van der Waals surface area contributed by atoms with E-state index in [1.165, 1.54) is 19.2 Å². The molecule has 1 aromatic carbocycles. The number of aromatic nitrogens is 1. The molecule has 82 valence electrons. The first-order valence-corrected chi connectivity index (χ1v) is 4.53. The number of hydrogen-bond donors (Lipinski definition) is 2. The van der Waals surface area contributed by atoms with Crippen molar-refractivity contribution in [3.05, 3.63) is 30.0 Å². The van der Waals surface area contributed by atoms with Gasteiger partial charge in [-0.3, -0.25) is 0 Å². The number of aromatic carboxylic acids is 1. The number of phenols is 1. The number of rotatable bonds is 2. The minimum atomic E-state index is -1.16. The second-order valence-corrected chi connectivity index (χ2v) is 3.19. The number of carbonyl (C=O) groups is 1. The molecule has 2 aromatic rings. The van der Waals surface area contributed by atoms with Crippen LogP contribution in [0.1, 0.15) is 10.5 Å². The van der Waals surface area contributed by atoms with Crippen molar-refractivity contribution in [2.24, 2.45) is 0 Å². The quantitative estimate of drug-likeness (QED) is 0.802. The predicted octanol–water partition coefficient (Wildman–Crippen LogP) is 1.65. The smallest absolute Gasteiger partial charge is 0.354 e. The van der Waals surface area contributed by atoms with Gasteiger partial charge in [-0.25, -0.2) is 9.78 Å². The first-order valence-electron chi connectivity index (χ1n) is 4.53. The van der Waals surface area contributed by atoms with Crippen LogP contribution in [0.15, 0.2) is 24.3 Å². The van der Waals surface area contributed by atoms with Crippen LogP contribution in [0.2, 0.25) is 0 Å². The lowest BCUT2D eigenvalue weighted by atomic mass is 10.1. The highest BCUT2D eigenvalue weighted by Crippen LogP contribution is 2.30. The largest absolute Gasteiger partial charge is 0.507 e. The number of carboxylic acid groups (broad SMARTS) is 1. The van der Waals surface area contributed by atoms with E-state index in [0.717, 1.165) is 0 Å². The lowest BCUT2D eigenvalue weighted by molar-refractivity contribution is 0.0690. The summed E-state index contributed by atoms with van der Waals surface area (Å²) in [6, 6.07) is 6.14. The van der Waals surface area contributed by atoms with Crippen molar-refractivity contribution in [3.8, 4) is 11.6 Å². The number of hydrogen-bond acceptors (Lipinski definition) is 4. The van der Waals surface area contributed by atoms with Gasteiger partial charge in [-0.2, -0.15) is 0 Å². The van der Waals surface area contributed by atoms with Gasteiger partial charge in [0, 0.05) is 10.8 Å². The van der Waals surface area contributed by atoms with Crippen molar-refractivity contribution in [2.45, 2.75) is 0 Å². The monoisotopic (exact) mass is 219 g/mol. The first kappa shape index (κ1) is 10.2. The minimum absolute atomic E-state index is 0.000648. The van der Waals surface area contributed by atoms with Crippen molar-refractivity contribution >= 4 is 16.7 Å². The summed E-state index contributed by atoms with van der Waals surface area (Å²) < 4.78 is 4.99. The van der Waals surface area contributed by atoms with Crippen molar-refractivity contribution in [3.63, 3.8) is 0 Å². The second-order valence-electron chi connectivity index (χ2n) is 3.19. The third-order valence-corrected chi connectivity index (χ3v) is 2.23. The first-order chi connectivity index (χ1) is 7.63. The predicted molar refractivity (Wildman–Crippen MR) is 56.9 cm³/mol. The van der Waals surface area contributed by atoms with E-state index in [2.05, 4.69) is 4.98 Å². The molecule has 2 N–H and O–H groups in total. The molecule has 5 nitrogen and oxygen atoms in total. The Morgan fingerprint density at radius 3 is 2.75 bits per heavy atom. The van der Waals surface area contributed by atoms with E-state index in [0.29, 0.717) is 10.8 Å². The van der Waals surface area contributed by atoms with Crippen molar-refractivity contribution in [1.82, 2.24) is 4.98 Å². The maximum absolute atomic E-state index is 10.8. The van der Waals surface area contributed by atoms with Gasteiger partial charge in [0.05, 0.1) is 7.11 Å². The Bertz CT molecular complexity index is 565. The van der Waals surface area contributed by atoms with E-state index in [-0.39, 0.29) is 17.3 Å². The van der Waals surface area contributed by atoms with Gasteiger partial charge in [0.1, 0.15) is 5.75 Å². The van der Waals surface area contributed by atoms with E-state index >= 15 is 0 Å². The van der Waals surface area contributed by atoms with Crippen LogP contribution < -0.4 is 4.74 Å². The summed E-state index contributed by atoms with van der Waals surface area (Å²) in [4.78, 5) is 14.7. The fourth-order valence-electron chi connectivity index (χ4n) is 1.49. The Balaban J connectivity index is 2.84. The van der Waals surface area contributed by atoms with E-state index < -0.39 is 5.97 Å². The molecule has 0 saturated heterocycles. The van der Waals surface area contributed by atoms with Crippen LogP contribution in [0.3, 0.4) is 0 Å². The summed E-state index contributed by atoms with van der Waals surface area (Å²) in [5, 5.41) is 19.5. The third-order valence-electron chi connectivity index (χ3n) is 2.23. The highest BCUT2D eigenvalue weighted by atomic mass is 16.5. The zero-order chi connectivity index (χ0) is 11.7. The molecular weight excluding hydrogens is 210 g/mol. The van der Waals surface area contributed by atoms with Crippen LogP contribution in [-0.4, -0.2) is 28.3 Å². The Morgan fingerprint density at radius 2 is 2.12 bits per heavy atom. The van der Waals surface area contributed by atoms with Gasteiger partial charge in [-0.15, -0.1) is 0 Å². The van der Waals surface area contributed by atoms with Gasteiger partial charge in [-0.1, -0.05) is 6.07 Å². The molecule has 0 radical (unpaired) electrons. The van der Waals surface area contributed by atoms with Gasteiger partial charge in [0.25, 0.3) is 0 Å². The minimum Gasteiger partial charge on any atom is -0.507 e. The molecule has 0 fully saturated rings. The topological polar surface area (TPSA) is 79.7 Å². The molecule has 0 unspecified atom stereocenters. The van der Waals surface area contributed by atoms with Gasteiger partial charge in [0.2, 0.25) is 5.88 Å². The summed E-state index contributed by atoms with van der Waals surface area (Å²) in [6.45, 7) is 0. The molecule has 0 saturated carbocycles. The number of fused-ring (bicyclic) bond motifs is 1. The molecule has 0 atom stereocenters. The third kappa shape index (κ3) is 1.52. The molecule has 2 rings (SSSR count). The standard InChI is InChI=1S/C11H9NO4/c1-16-10-6-3-2-4-9(13)7(6)5-8(12-10)11(14)15/h2-5,13H,1H3,(H,14,15). The molecule has 1 aromatic heterocycles. The fourth-order valence-corrected chi connectivity index (χ4v) is 1.49. The van der Waals surface area contributed by atoms with Crippen LogP contribution in [0.25, 0.3) is 10.8 Å². The number of aromatic hydroxyl groups is 1. The number of phenolic OH excluding ortho intramolecular Hbond substituents is 1. The number of ether oxygens (including phenoxy) is 1. The highest BCUT2D eigenvalue weighted by Gasteiger charge is 2.13. The number of nitrogens with zero attached hydrogens (tertiary/aromatic N) is 1. The Labute approximate surface area is 90.9 Å². The number of carboxylic acids is 1. The summed E-state index contributed by atoms with van der Waals surface area (Å²) in [7, 11) is 1.40. The van der Waals surface area contributed by atoms with Crippen LogP contribution >= 0.6 is 0 Å². The summed E-state index contributed by atoms with van der Waals surface area (Å²) in [5.74, 6) is -0.977. The molecular formula is C11H9NO4. The molecule has 0 aliphatic carbocycles. The highest BCUT2D eigenvalue weighted by molar-refractivity contribution is 5.97. The van der Waals surface area contributed by atoms with Gasteiger partial charge >= 0.3 is 5.97 Å². The van der Waals surface area contributed by atoms with E-state index in [1.54, 1.807) is 12.1 Å². The average molecular weight is 219 g/mol. The Hall–Kier alpha value is -2.30. The lowest BCUT2D eigenvalue weighted by Crippen LogP contribution is -2.02. The maximum atomic E-state index is 10.8. The molecule has 1 heterocycles. The normalized spacial score (nSPS) is 10.3. The van der Waals surface area contributed by atoms with Crippen LogP contribution in [-0.2, 0) is 0 Å². The zero-order valence-electron chi connectivity index (χ0n) is 8.47. The molecule has 0 bridgehead atoms. The molecule has 0 aliphatic rings. The number of benzene rings is 1. The summed E-state index contributed by atoms with van der Waals surface area (Å²) in [6.07, 6.45) is 0. The second kappa shape index (κ2) is 3.69. The van der Waals surface area contributed by atoms with Crippen molar-refractivity contribution in [2.75, 3.05) is 7.11 Å². The van der Waals surface area contributed by atoms with Gasteiger partial charge in [0.15, 0.2) is 5.69 Å². The van der Waals surface area contributed by atoms with E-state index in [1.807, 2.05) is 0 Å². The molecule has 0 amide bonds. The molecule has 5 heteroatoms. The fraction of sp³-hybridized carbons (Fsp3) is 0.0909. The SMILES string of the molecule is COc1nc(C(=O)O)cc2c(O)cccc12.